The summed E-state index contributed by atoms with van der Waals surface area (Å²) < 4.78 is 0. The first-order chi connectivity index (χ1) is 7.91. The van der Waals surface area contributed by atoms with Gasteiger partial charge >= 0.3 is 0 Å². The van der Waals surface area contributed by atoms with E-state index in [-0.39, 0.29) is 23.6 Å². The van der Waals surface area contributed by atoms with Crippen LogP contribution in [0.3, 0.4) is 0 Å². The molecule has 1 aliphatic rings. The van der Waals surface area contributed by atoms with Crippen molar-refractivity contribution in [2.24, 2.45) is 5.73 Å². The molecule has 17 heavy (non-hydrogen) atoms. The summed E-state index contributed by atoms with van der Waals surface area (Å²) in [6.07, 6.45) is 6.02. The third-order valence-electron chi connectivity index (χ3n) is 3.46. The van der Waals surface area contributed by atoms with Crippen LogP contribution >= 0.6 is 0 Å². The second-order valence-electron chi connectivity index (χ2n) is 5.65. The number of carbonyl (C=O) groups is 1. The Morgan fingerprint density at radius 1 is 1.35 bits per heavy atom. The summed E-state index contributed by atoms with van der Waals surface area (Å²) in [4.78, 5) is 11.8. The molecule has 0 spiro atoms. The second-order valence-corrected chi connectivity index (χ2v) is 5.65. The molecular weight excluding hydrogens is 216 g/mol. The van der Waals surface area contributed by atoms with Crippen LogP contribution in [0.25, 0.3) is 0 Å². The summed E-state index contributed by atoms with van der Waals surface area (Å²) >= 11 is 0. The minimum absolute atomic E-state index is 0.00897. The maximum Gasteiger partial charge on any atom is 0.222 e. The molecule has 2 unspecified atom stereocenters. The largest absolute Gasteiger partial charge is 0.393 e. The normalized spacial score (nSPS) is 22.8. The highest BCUT2D eigenvalue weighted by molar-refractivity contribution is 5.77. The first kappa shape index (κ1) is 14.5. The maximum absolute atomic E-state index is 11.8. The molecule has 100 valence electrons. The lowest BCUT2D eigenvalue weighted by Gasteiger charge is -2.33. The Labute approximate surface area is 104 Å². The summed E-state index contributed by atoms with van der Waals surface area (Å²) in [7, 11) is 0. The average molecular weight is 242 g/mol. The summed E-state index contributed by atoms with van der Waals surface area (Å²) in [5.41, 5.74) is 5.93. The number of nitrogens with two attached hydrogens (primary N) is 1. The van der Waals surface area contributed by atoms with E-state index in [4.69, 9.17) is 5.73 Å². The molecule has 1 rings (SSSR count). The van der Waals surface area contributed by atoms with Crippen LogP contribution in [-0.4, -0.2) is 28.7 Å². The number of amides is 1. The SMILES string of the molecule is CC(O)CC(C)NC(=O)CC1(N)CCCCC1. The lowest BCUT2D eigenvalue weighted by molar-refractivity contribution is -0.123. The molecule has 4 N–H and O–H groups in total. The standard InChI is InChI=1S/C13H26N2O2/c1-10(8-11(2)16)15-12(17)9-13(14)6-4-3-5-7-13/h10-11,16H,3-9,14H2,1-2H3,(H,15,17). The fraction of sp³-hybridized carbons (Fsp3) is 0.923. The fourth-order valence-electron chi connectivity index (χ4n) is 2.65. The summed E-state index contributed by atoms with van der Waals surface area (Å²) in [6.45, 7) is 3.64. The quantitative estimate of drug-likeness (QED) is 0.680. The van der Waals surface area contributed by atoms with Gasteiger partial charge in [0, 0.05) is 18.0 Å². The Kier molecular flexibility index (Phi) is 5.40. The molecule has 1 saturated carbocycles. The van der Waals surface area contributed by atoms with Crippen molar-refractivity contribution in [3.8, 4) is 0 Å². The lowest BCUT2D eigenvalue weighted by atomic mass is 9.80. The molecule has 4 heteroatoms. The van der Waals surface area contributed by atoms with E-state index in [1.165, 1.54) is 6.42 Å². The number of aliphatic hydroxyl groups excluding tert-OH is 1. The predicted octanol–water partition coefficient (Wildman–Crippen LogP) is 1.31. The van der Waals surface area contributed by atoms with Crippen LogP contribution in [0.1, 0.15) is 58.8 Å². The summed E-state index contributed by atoms with van der Waals surface area (Å²) in [6, 6.07) is 0.00897. The van der Waals surface area contributed by atoms with E-state index in [0.29, 0.717) is 12.8 Å². The smallest absolute Gasteiger partial charge is 0.222 e. The van der Waals surface area contributed by atoms with Gasteiger partial charge < -0.3 is 16.2 Å². The van der Waals surface area contributed by atoms with Crippen molar-refractivity contribution in [2.45, 2.75) is 76.5 Å². The van der Waals surface area contributed by atoms with E-state index in [1.54, 1.807) is 6.92 Å². The summed E-state index contributed by atoms with van der Waals surface area (Å²) in [5, 5.41) is 12.1. The zero-order chi connectivity index (χ0) is 12.9. The molecule has 0 aliphatic heterocycles. The van der Waals surface area contributed by atoms with Crippen LogP contribution in [0.5, 0.6) is 0 Å². The first-order valence-electron chi connectivity index (χ1n) is 6.68. The van der Waals surface area contributed by atoms with Crippen molar-refractivity contribution < 1.29 is 9.90 Å². The first-order valence-corrected chi connectivity index (χ1v) is 6.68. The highest BCUT2D eigenvalue weighted by atomic mass is 16.3. The van der Waals surface area contributed by atoms with Crippen LogP contribution in [0.2, 0.25) is 0 Å². The van der Waals surface area contributed by atoms with Gasteiger partial charge in [0.25, 0.3) is 0 Å². The Morgan fingerprint density at radius 2 is 1.94 bits per heavy atom. The monoisotopic (exact) mass is 242 g/mol. The number of hydrogen-bond acceptors (Lipinski definition) is 3. The fourth-order valence-corrected chi connectivity index (χ4v) is 2.65. The Hall–Kier alpha value is -0.610. The molecule has 0 radical (unpaired) electrons. The number of aliphatic hydroxyl groups is 1. The molecule has 2 atom stereocenters. The van der Waals surface area contributed by atoms with Crippen molar-refractivity contribution in [2.75, 3.05) is 0 Å². The molecule has 0 aromatic heterocycles. The molecule has 0 saturated heterocycles. The minimum atomic E-state index is -0.383. The van der Waals surface area contributed by atoms with Crippen LogP contribution in [-0.2, 0) is 4.79 Å². The third-order valence-corrected chi connectivity index (χ3v) is 3.46. The zero-order valence-electron chi connectivity index (χ0n) is 11.0. The van der Waals surface area contributed by atoms with Gasteiger partial charge in [0.1, 0.15) is 0 Å². The molecule has 0 bridgehead atoms. The second kappa shape index (κ2) is 6.36. The van der Waals surface area contributed by atoms with E-state index in [0.717, 1.165) is 25.7 Å². The van der Waals surface area contributed by atoms with Crippen LogP contribution in [0, 0.1) is 0 Å². The number of nitrogens with one attached hydrogen (secondary N) is 1. The van der Waals surface area contributed by atoms with Crippen LogP contribution in [0.4, 0.5) is 0 Å². The Bertz CT molecular complexity index is 248. The van der Waals surface area contributed by atoms with Gasteiger partial charge in [0.05, 0.1) is 6.10 Å². The van der Waals surface area contributed by atoms with Crippen molar-refractivity contribution >= 4 is 5.91 Å². The lowest BCUT2D eigenvalue weighted by Crippen LogP contribution is -2.47. The van der Waals surface area contributed by atoms with Gasteiger partial charge in [-0.2, -0.15) is 0 Å². The maximum atomic E-state index is 11.8. The number of carbonyl (C=O) groups excluding carboxylic acids is 1. The zero-order valence-corrected chi connectivity index (χ0v) is 11.0. The van der Waals surface area contributed by atoms with E-state index >= 15 is 0 Å². The molecule has 0 aromatic rings. The molecule has 1 aliphatic carbocycles. The number of rotatable bonds is 5. The van der Waals surface area contributed by atoms with Crippen LogP contribution < -0.4 is 11.1 Å². The molecule has 1 fully saturated rings. The van der Waals surface area contributed by atoms with E-state index in [2.05, 4.69) is 5.32 Å². The van der Waals surface area contributed by atoms with Gasteiger partial charge in [-0.1, -0.05) is 19.3 Å². The van der Waals surface area contributed by atoms with Gasteiger partial charge in [-0.3, -0.25) is 4.79 Å². The number of hydrogen-bond donors (Lipinski definition) is 3. The molecule has 1 amide bonds. The average Bonchev–Trinajstić information content (AvgIpc) is 2.15. The van der Waals surface area contributed by atoms with Gasteiger partial charge in [-0.25, -0.2) is 0 Å². The van der Waals surface area contributed by atoms with E-state index in [1.807, 2.05) is 6.92 Å². The molecule has 0 heterocycles. The van der Waals surface area contributed by atoms with Gasteiger partial charge in [0.15, 0.2) is 0 Å². The van der Waals surface area contributed by atoms with E-state index < -0.39 is 0 Å². The van der Waals surface area contributed by atoms with Gasteiger partial charge in [-0.05, 0) is 33.1 Å². The third kappa shape index (κ3) is 5.50. The molecule has 0 aromatic carbocycles. The molecule has 4 nitrogen and oxygen atoms in total. The van der Waals surface area contributed by atoms with E-state index in [9.17, 15) is 9.90 Å². The molecular formula is C13H26N2O2. The Morgan fingerprint density at radius 3 is 2.47 bits per heavy atom. The van der Waals surface area contributed by atoms with Crippen molar-refractivity contribution in [3.63, 3.8) is 0 Å². The van der Waals surface area contributed by atoms with Gasteiger partial charge in [0.2, 0.25) is 5.91 Å². The highest BCUT2D eigenvalue weighted by Crippen LogP contribution is 2.28. The summed E-state index contributed by atoms with van der Waals surface area (Å²) in [5.74, 6) is 0.0163. The highest BCUT2D eigenvalue weighted by Gasteiger charge is 2.30. The Balaban J connectivity index is 2.33. The van der Waals surface area contributed by atoms with Crippen molar-refractivity contribution in [1.29, 1.82) is 0 Å². The van der Waals surface area contributed by atoms with Crippen molar-refractivity contribution in [3.05, 3.63) is 0 Å². The minimum Gasteiger partial charge on any atom is -0.393 e. The topological polar surface area (TPSA) is 75.3 Å². The van der Waals surface area contributed by atoms with Crippen LogP contribution in [0.15, 0.2) is 0 Å². The van der Waals surface area contributed by atoms with Gasteiger partial charge in [-0.15, -0.1) is 0 Å². The predicted molar refractivity (Wildman–Crippen MR) is 68.5 cm³/mol. The van der Waals surface area contributed by atoms with Crippen molar-refractivity contribution in [1.82, 2.24) is 5.32 Å².